The van der Waals surface area contributed by atoms with Crippen LogP contribution in [-0.4, -0.2) is 34.4 Å². The minimum Gasteiger partial charge on any atom is -0.348 e. The summed E-state index contributed by atoms with van der Waals surface area (Å²) in [5.74, 6) is -0.404. The molecular formula is C31H25Cl3F3N3OS. The second kappa shape index (κ2) is 13.3. The predicted molar refractivity (Wildman–Crippen MR) is 164 cm³/mol. The van der Waals surface area contributed by atoms with Gasteiger partial charge in [0.1, 0.15) is 0 Å². The lowest BCUT2D eigenvalue weighted by atomic mass is 9.96. The molecule has 4 nitrogen and oxygen atoms in total. The third-order valence-corrected chi connectivity index (χ3v) is 8.43. The molecule has 4 aromatic rings. The number of nitrogens with zero attached hydrogens (tertiary/aromatic N) is 2. The number of hydrogen-bond donors (Lipinski definition) is 1. The Hall–Kier alpha value is -2.75. The third kappa shape index (κ3) is 7.79. The summed E-state index contributed by atoms with van der Waals surface area (Å²) in [4.78, 5) is 20.5. The number of pyridine rings is 1. The molecule has 0 bridgehead atoms. The van der Waals surface area contributed by atoms with Crippen LogP contribution in [0.2, 0.25) is 15.1 Å². The number of aromatic nitrogens is 1. The lowest BCUT2D eigenvalue weighted by Crippen LogP contribution is -2.26. The van der Waals surface area contributed by atoms with Crippen molar-refractivity contribution in [3.05, 3.63) is 105 Å². The van der Waals surface area contributed by atoms with Crippen molar-refractivity contribution in [2.24, 2.45) is 0 Å². The summed E-state index contributed by atoms with van der Waals surface area (Å²) in [6.45, 7) is 2.67. The molecule has 218 valence electrons. The number of nitrogens with one attached hydrogen (secondary N) is 1. The highest BCUT2D eigenvalue weighted by atomic mass is 35.5. The molecule has 0 unspecified atom stereocenters. The van der Waals surface area contributed by atoms with Crippen LogP contribution in [0.5, 0.6) is 0 Å². The molecule has 5 rings (SSSR count). The first-order valence-electron chi connectivity index (χ1n) is 13.2. The number of alkyl halides is 3. The van der Waals surface area contributed by atoms with Crippen molar-refractivity contribution in [1.29, 1.82) is 0 Å². The maximum atomic E-state index is 13.0. The van der Waals surface area contributed by atoms with E-state index in [2.05, 4.69) is 10.2 Å². The van der Waals surface area contributed by atoms with E-state index in [1.54, 1.807) is 24.3 Å². The monoisotopic (exact) mass is 649 g/mol. The number of halogens is 6. The van der Waals surface area contributed by atoms with Gasteiger partial charge in [0.2, 0.25) is 0 Å². The zero-order valence-corrected chi connectivity index (χ0v) is 25.2. The van der Waals surface area contributed by atoms with Gasteiger partial charge in [-0.2, -0.15) is 13.2 Å². The summed E-state index contributed by atoms with van der Waals surface area (Å²) >= 11 is 18.8. The van der Waals surface area contributed by atoms with E-state index < -0.39 is 11.4 Å². The van der Waals surface area contributed by atoms with Crippen LogP contribution in [0, 0.1) is 0 Å². The molecular weight excluding hydrogens is 626 g/mol. The van der Waals surface area contributed by atoms with Crippen LogP contribution in [0.15, 0.2) is 77.7 Å². The van der Waals surface area contributed by atoms with Crippen molar-refractivity contribution < 1.29 is 18.0 Å². The summed E-state index contributed by atoms with van der Waals surface area (Å²) in [7, 11) is 0. The van der Waals surface area contributed by atoms with Gasteiger partial charge in [0.05, 0.1) is 11.4 Å². The van der Waals surface area contributed by atoms with Gasteiger partial charge in [-0.1, -0.05) is 53.0 Å². The van der Waals surface area contributed by atoms with Gasteiger partial charge >= 0.3 is 5.51 Å². The van der Waals surface area contributed by atoms with E-state index in [0.29, 0.717) is 21.6 Å². The fourth-order valence-corrected chi connectivity index (χ4v) is 6.04. The smallest absolute Gasteiger partial charge is 0.348 e. The number of hydrogen-bond acceptors (Lipinski definition) is 4. The maximum absolute atomic E-state index is 13.0. The quantitative estimate of drug-likeness (QED) is 0.193. The van der Waals surface area contributed by atoms with Crippen molar-refractivity contribution in [1.82, 2.24) is 15.2 Å². The van der Waals surface area contributed by atoms with E-state index in [4.69, 9.17) is 39.8 Å². The molecule has 0 saturated carbocycles. The summed E-state index contributed by atoms with van der Waals surface area (Å²) in [6, 6.07) is 20.0. The Morgan fingerprint density at radius 1 is 0.881 bits per heavy atom. The molecule has 1 aromatic heterocycles. The molecule has 1 fully saturated rings. The Balaban J connectivity index is 1.51. The van der Waals surface area contributed by atoms with E-state index in [1.807, 2.05) is 24.3 Å². The van der Waals surface area contributed by atoms with Crippen LogP contribution in [0.25, 0.3) is 22.4 Å². The first kappa shape index (κ1) is 30.7. The van der Waals surface area contributed by atoms with Gasteiger partial charge in [0, 0.05) is 55.3 Å². The zero-order valence-electron chi connectivity index (χ0n) is 22.1. The van der Waals surface area contributed by atoms with Gasteiger partial charge in [-0.3, -0.25) is 14.7 Å². The molecule has 1 aliphatic heterocycles. The average molecular weight is 651 g/mol. The van der Waals surface area contributed by atoms with Crippen LogP contribution in [0.3, 0.4) is 0 Å². The zero-order chi connectivity index (χ0) is 29.9. The molecule has 42 heavy (non-hydrogen) atoms. The Morgan fingerprint density at radius 3 is 2.19 bits per heavy atom. The van der Waals surface area contributed by atoms with E-state index >= 15 is 0 Å². The topological polar surface area (TPSA) is 45.2 Å². The van der Waals surface area contributed by atoms with E-state index in [0.717, 1.165) is 59.6 Å². The molecule has 0 atom stereocenters. The Labute approximate surface area is 261 Å². The number of rotatable bonds is 8. The predicted octanol–water partition coefficient (Wildman–Crippen LogP) is 9.51. The standard InChI is InChI=1S/C31H25Cl3F3N3OS/c32-22-7-3-19(4-8-22)29-26(25-12-9-23(33)16-27(25)34)15-21(28(39-29)18-40-13-1-2-14-40)17-38-30(41)20-5-10-24(11-6-20)42-31(35,36)37/h3-12,15-16H,1-2,13-14,17-18H2,(H,38,41). The number of amides is 1. The summed E-state index contributed by atoms with van der Waals surface area (Å²) < 4.78 is 38.1. The van der Waals surface area contributed by atoms with Gasteiger partial charge < -0.3 is 5.32 Å². The van der Waals surface area contributed by atoms with E-state index in [1.165, 1.54) is 24.3 Å². The highest BCUT2D eigenvalue weighted by molar-refractivity contribution is 8.00. The number of thioether (sulfide) groups is 1. The van der Waals surface area contributed by atoms with Crippen molar-refractivity contribution >= 4 is 52.5 Å². The minimum atomic E-state index is -4.40. The van der Waals surface area contributed by atoms with Gasteiger partial charge in [0.15, 0.2) is 0 Å². The lowest BCUT2D eigenvalue weighted by Gasteiger charge is -2.21. The van der Waals surface area contributed by atoms with Gasteiger partial charge in [-0.25, -0.2) is 0 Å². The van der Waals surface area contributed by atoms with Crippen molar-refractivity contribution in [2.45, 2.75) is 36.3 Å². The Kier molecular flexibility index (Phi) is 9.70. The molecule has 0 radical (unpaired) electrons. The van der Waals surface area contributed by atoms with Crippen LogP contribution < -0.4 is 5.32 Å². The van der Waals surface area contributed by atoms with Crippen molar-refractivity contribution in [2.75, 3.05) is 13.1 Å². The molecule has 0 aliphatic carbocycles. The largest absolute Gasteiger partial charge is 0.446 e. The van der Waals surface area contributed by atoms with E-state index in [9.17, 15) is 18.0 Å². The first-order chi connectivity index (χ1) is 20.1. The lowest BCUT2D eigenvalue weighted by molar-refractivity contribution is -0.0328. The SMILES string of the molecule is O=C(NCc1cc(-c2ccc(Cl)cc2Cl)c(-c2ccc(Cl)cc2)nc1CN1CCCC1)c1ccc(SC(F)(F)F)cc1. The number of likely N-dealkylation sites (tertiary alicyclic amines) is 1. The first-order valence-corrected chi connectivity index (χ1v) is 15.1. The number of benzene rings is 3. The molecule has 11 heteroatoms. The van der Waals surface area contributed by atoms with Crippen LogP contribution in [0.4, 0.5) is 13.2 Å². The van der Waals surface area contributed by atoms with Crippen LogP contribution in [0.1, 0.15) is 34.5 Å². The second-order valence-corrected chi connectivity index (χ2v) is 12.3. The average Bonchev–Trinajstić information content (AvgIpc) is 3.45. The highest BCUT2D eigenvalue weighted by Crippen LogP contribution is 2.39. The Bertz CT molecular complexity index is 1580. The third-order valence-electron chi connectivity index (χ3n) is 6.89. The summed E-state index contributed by atoms with van der Waals surface area (Å²) in [5, 5.41) is 4.48. The molecule has 1 N–H and O–H groups in total. The molecule has 1 amide bonds. The summed E-state index contributed by atoms with van der Waals surface area (Å²) in [6.07, 6.45) is 2.22. The normalized spacial score (nSPS) is 13.9. The maximum Gasteiger partial charge on any atom is 0.446 e. The van der Waals surface area contributed by atoms with Gasteiger partial charge in [-0.15, -0.1) is 0 Å². The van der Waals surface area contributed by atoms with Crippen LogP contribution >= 0.6 is 46.6 Å². The fourth-order valence-electron chi connectivity index (χ4n) is 4.86. The molecule has 1 aliphatic rings. The molecule has 2 heterocycles. The number of carbonyl (C=O) groups excluding carboxylic acids is 1. The van der Waals surface area contributed by atoms with E-state index in [-0.39, 0.29) is 28.8 Å². The number of carbonyl (C=O) groups is 1. The fraction of sp³-hybridized carbons (Fsp3) is 0.226. The molecule has 1 saturated heterocycles. The molecule has 3 aromatic carbocycles. The minimum absolute atomic E-state index is 0.0124. The van der Waals surface area contributed by atoms with Gasteiger partial charge in [-0.05, 0) is 97.9 Å². The highest BCUT2D eigenvalue weighted by Gasteiger charge is 2.29. The second-order valence-electron chi connectivity index (χ2n) is 9.86. The van der Waals surface area contributed by atoms with Crippen molar-refractivity contribution in [3.8, 4) is 22.4 Å². The summed E-state index contributed by atoms with van der Waals surface area (Å²) in [5.41, 5.74) is 0.554. The molecule has 0 spiro atoms. The van der Waals surface area contributed by atoms with Crippen molar-refractivity contribution in [3.63, 3.8) is 0 Å². The Morgan fingerprint density at radius 2 is 1.55 bits per heavy atom. The van der Waals surface area contributed by atoms with Gasteiger partial charge in [0.25, 0.3) is 5.91 Å². The van der Waals surface area contributed by atoms with Crippen LogP contribution in [-0.2, 0) is 13.1 Å².